The largest absolute Gasteiger partial charge is 0.497 e. The van der Waals surface area contributed by atoms with Crippen LogP contribution in [-0.2, 0) is 10.0 Å². The Morgan fingerprint density at radius 1 is 1.00 bits per heavy atom. The molecule has 0 saturated carbocycles. The number of anilines is 1. The lowest BCUT2D eigenvalue weighted by molar-refractivity contribution is 0.414. The molecular formula is C17H15N3O4S. The van der Waals surface area contributed by atoms with Gasteiger partial charge >= 0.3 is 0 Å². The molecular weight excluding hydrogens is 342 g/mol. The molecule has 0 radical (unpaired) electrons. The van der Waals surface area contributed by atoms with Crippen LogP contribution in [0, 0.1) is 0 Å². The molecule has 0 amide bonds. The van der Waals surface area contributed by atoms with Gasteiger partial charge < -0.3 is 9.47 Å². The first-order valence-corrected chi connectivity index (χ1v) is 8.76. The fourth-order valence-corrected chi connectivity index (χ4v) is 3.10. The lowest BCUT2D eigenvalue weighted by Gasteiger charge is -2.10. The standard InChI is InChI=1S/C17H15N3O4S/c1-23-14-5-7-16(8-6-14)25(21,22)20-13-3-2-4-15(11-13)24-17-12-18-9-10-19-17/h2-12,20H,1H3. The van der Waals surface area contributed by atoms with E-state index >= 15 is 0 Å². The van der Waals surface area contributed by atoms with Gasteiger partial charge in [-0.05, 0) is 36.4 Å². The zero-order valence-corrected chi connectivity index (χ0v) is 14.1. The Labute approximate surface area is 145 Å². The van der Waals surface area contributed by atoms with E-state index in [0.29, 0.717) is 23.1 Å². The number of sulfonamides is 1. The van der Waals surface area contributed by atoms with Gasteiger partial charge in [0.2, 0.25) is 5.88 Å². The van der Waals surface area contributed by atoms with Crippen LogP contribution in [0.3, 0.4) is 0 Å². The summed E-state index contributed by atoms with van der Waals surface area (Å²) in [6, 6.07) is 12.7. The number of hydrogen-bond donors (Lipinski definition) is 1. The molecule has 0 aliphatic rings. The second kappa shape index (κ2) is 7.18. The average molecular weight is 357 g/mol. The van der Waals surface area contributed by atoms with Crippen molar-refractivity contribution < 1.29 is 17.9 Å². The molecule has 1 heterocycles. The van der Waals surface area contributed by atoms with Crippen molar-refractivity contribution in [1.82, 2.24) is 9.97 Å². The van der Waals surface area contributed by atoms with Crippen LogP contribution in [0.4, 0.5) is 5.69 Å². The van der Waals surface area contributed by atoms with Crippen molar-refractivity contribution in [1.29, 1.82) is 0 Å². The van der Waals surface area contributed by atoms with Gasteiger partial charge in [-0.3, -0.25) is 9.71 Å². The first-order valence-electron chi connectivity index (χ1n) is 7.28. The number of ether oxygens (including phenoxy) is 2. The van der Waals surface area contributed by atoms with Gasteiger partial charge in [-0.1, -0.05) is 6.07 Å². The van der Waals surface area contributed by atoms with Gasteiger partial charge in [-0.15, -0.1) is 0 Å². The first-order chi connectivity index (χ1) is 12.1. The SMILES string of the molecule is COc1ccc(S(=O)(=O)Nc2cccc(Oc3cnccn3)c2)cc1. The summed E-state index contributed by atoms with van der Waals surface area (Å²) in [7, 11) is -2.20. The third-order valence-corrected chi connectivity index (χ3v) is 4.62. The number of benzene rings is 2. The van der Waals surface area contributed by atoms with Crippen LogP contribution in [0.2, 0.25) is 0 Å². The van der Waals surface area contributed by atoms with Gasteiger partial charge in [0.05, 0.1) is 23.9 Å². The van der Waals surface area contributed by atoms with Gasteiger partial charge in [0, 0.05) is 18.5 Å². The fourth-order valence-electron chi connectivity index (χ4n) is 2.05. The Morgan fingerprint density at radius 2 is 1.80 bits per heavy atom. The van der Waals surface area contributed by atoms with Crippen LogP contribution in [0.15, 0.2) is 72.0 Å². The minimum Gasteiger partial charge on any atom is -0.497 e. The van der Waals surface area contributed by atoms with Crippen LogP contribution < -0.4 is 14.2 Å². The monoisotopic (exact) mass is 357 g/mol. The van der Waals surface area contributed by atoms with Gasteiger partial charge in [-0.2, -0.15) is 0 Å². The second-order valence-electron chi connectivity index (χ2n) is 4.95. The van der Waals surface area contributed by atoms with Crippen LogP contribution in [-0.4, -0.2) is 25.5 Å². The number of methoxy groups -OCH3 is 1. The normalized spacial score (nSPS) is 10.9. The van der Waals surface area contributed by atoms with Crippen molar-refractivity contribution >= 4 is 15.7 Å². The zero-order valence-electron chi connectivity index (χ0n) is 13.3. The maximum absolute atomic E-state index is 12.5. The predicted molar refractivity (Wildman–Crippen MR) is 92.4 cm³/mol. The molecule has 0 aliphatic heterocycles. The molecule has 0 atom stereocenters. The number of nitrogens with zero attached hydrogens (tertiary/aromatic N) is 2. The lowest BCUT2D eigenvalue weighted by Crippen LogP contribution is -2.12. The second-order valence-corrected chi connectivity index (χ2v) is 6.64. The summed E-state index contributed by atoms with van der Waals surface area (Å²) in [4.78, 5) is 8.05. The van der Waals surface area contributed by atoms with Crippen molar-refractivity contribution in [3.8, 4) is 17.4 Å². The third-order valence-electron chi connectivity index (χ3n) is 3.22. The highest BCUT2D eigenvalue weighted by Gasteiger charge is 2.14. The summed E-state index contributed by atoms with van der Waals surface area (Å²) >= 11 is 0. The van der Waals surface area contributed by atoms with Gasteiger partial charge in [0.1, 0.15) is 11.5 Å². The molecule has 8 heteroatoms. The molecule has 0 bridgehead atoms. The number of nitrogens with one attached hydrogen (secondary N) is 1. The molecule has 0 saturated heterocycles. The molecule has 0 fully saturated rings. The Kier molecular flexibility index (Phi) is 4.80. The molecule has 3 rings (SSSR count). The Balaban J connectivity index is 1.78. The highest BCUT2D eigenvalue weighted by molar-refractivity contribution is 7.92. The van der Waals surface area contributed by atoms with Crippen LogP contribution >= 0.6 is 0 Å². The summed E-state index contributed by atoms with van der Waals surface area (Å²) < 4.78 is 38.0. The molecule has 25 heavy (non-hydrogen) atoms. The quantitative estimate of drug-likeness (QED) is 0.729. The number of rotatable bonds is 6. The molecule has 7 nitrogen and oxygen atoms in total. The Morgan fingerprint density at radius 3 is 2.48 bits per heavy atom. The van der Waals surface area contributed by atoms with Crippen LogP contribution in [0.5, 0.6) is 17.4 Å². The molecule has 0 unspecified atom stereocenters. The van der Waals surface area contributed by atoms with Gasteiger partial charge in [-0.25, -0.2) is 13.4 Å². The highest BCUT2D eigenvalue weighted by Crippen LogP contribution is 2.24. The van der Waals surface area contributed by atoms with Crippen molar-refractivity contribution in [2.75, 3.05) is 11.8 Å². The summed E-state index contributed by atoms with van der Waals surface area (Å²) in [5.74, 6) is 1.34. The summed E-state index contributed by atoms with van der Waals surface area (Å²) in [5.41, 5.74) is 0.372. The Bertz CT molecular complexity index is 945. The topological polar surface area (TPSA) is 90.4 Å². The van der Waals surface area contributed by atoms with E-state index in [-0.39, 0.29) is 4.90 Å². The smallest absolute Gasteiger partial charge is 0.261 e. The molecule has 2 aromatic carbocycles. The van der Waals surface area contributed by atoms with E-state index in [1.165, 1.54) is 37.8 Å². The molecule has 1 N–H and O–H groups in total. The van der Waals surface area contributed by atoms with E-state index in [4.69, 9.17) is 9.47 Å². The number of hydrogen-bond acceptors (Lipinski definition) is 6. The fraction of sp³-hybridized carbons (Fsp3) is 0.0588. The number of aromatic nitrogens is 2. The maximum atomic E-state index is 12.5. The molecule has 0 spiro atoms. The summed E-state index contributed by atoms with van der Waals surface area (Å²) in [6.07, 6.45) is 4.51. The van der Waals surface area contributed by atoms with Gasteiger partial charge in [0.25, 0.3) is 10.0 Å². The van der Waals surface area contributed by atoms with E-state index in [1.54, 1.807) is 36.4 Å². The maximum Gasteiger partial charge on any atom is 0.261 e. The lowest BCUT2D eigenvalue weighted by atomic mass is 10.3. The minimum absolute atomic E-state index is 0.133. The molecule has 0 aliphatic carbocycles. The summed E-state index contributed by atoms with van der Waals surface area (Å²) in [6.45, 7) is 0. The zero-order chi connectivity index (χ0) is 17.7. The van der Waals surface area contributed by atoms with E-state index < -0.39 is 10.0 Å². The van der Waals surface area contributed by atoms with Crippen LogP contribution in [0.1, 0.15) is 0 Å². The molecule has 128 valence electrons. The van der Waals surface area contributed by atoms with E-state index in [0.717, 1.165) is 0 Å². The van der Waals surface area contributed by atoms with Crippen molar-refractivity contribution in [3.63, 3.8) is 0 Å². The predicted octanol–water partition coefficient (Wildman–Crippen LogP) is 3.08. The van der Waals surface area contributed by atoms with E-state index in [9.17, 15) is 8.42 Å². The average Bonchev–Trinajstić information content (AvgIpc) is 2.62. The van der Waals surface area contributed by atoms with Crippen LogP contribution in [0.25, 0.3) is 0 Å². The van der Waals surface area contributed by atoms with Crippen molar-refractivity contribution in [3.05, 3.63) is 67.1 Å². The molecule has 3 aromatic rings. The third kappa shape index (κ3) is 4.24. The Hall–Kier alpha value is -3.13. The van der Waals surface area contributed by atoms with Crippen molar-refractivity contribution in [2.45, 2.75) is 4.90 Å². The van der Waals surface area contributed by atoms with E-state index in [2.05, 4.69) is 14.7 Å². The summed E-state index contributed by atoms with van der Waals surface area (Å²) in [5, 5.41) is 0. The minimum atomic E-state index is -3.72. The molecule has 1 aromatic heterocycles. The van der Waals surface area contributed by atoms with Crippen molar-refractivity contribution in [2.24, 2.45) is 0 Å². The first kappa shape index (κ1) is 16.7. The van der Waals surface area contributed by atoms with Gasteiger partial charge in [0.15, 0.2) is 0 Å². The highest BCUT2D eigenvalue weighted by atomic mass is 32.2. The van der Waals surface area contributed by atoms with E-state index in [1.807, 2.05) is 0 Å².